The van der Waals surface area contributed by atoms with Gasteiger partial charge in [-0.1, -0.05) is 56.1 Å². The van der Waals surface area contributed by atoms with Crippen molar-refractivity contribution in [1.29, 1.82) is 0 Å². The summed E-state index contributed by atoms with van der Waals surface area (Å²) >= 11 is 6.81. The minimum absolute atomic E-state index is 0.0960. The quantitative estimate of drug-likeness (QED) is 0.805. The molecule has 4 heteroatoms. The van der Waals surface area contributed by atoms with E-state index in [9.17, 15) is 10.2 Å². The van der Waals surface area contributed by atoms with Gasteiger partial charge in [0, 0.05) is 14.4 Å². The molecule has 0 bridgehead atoms. The average molecular weight is 400 g/mol. The van der Waals surface area contributed by atoms with Gasteiger partial charge >= 0.3 is 0 Å². The highest BCUT2D eigenvalue weighted by atomic mass is 79.9. The van der Waals surface area contributed by atoms with E-state index in [1.807, 2.05) is 48.5 Å². The molecule has 0 amide bonds. The zero-order valence-corrected chi connectivity index (χ0v) is 14.1. The summed E-state index contributed by atoms with van der Waals surface area (Å²) in [6, 6.07) is 15.7. The fraction of sp³-hybridized carbons (Fsp3) is 0.250. The van der Waals surface area contributed by atoms with E-state index in [1.165, 1.54) is 0 Å². The van der Waals surface area contributed by atoms with Gasteiger partial charge in [-0.05, 0) is 41.8 Å². The third kappa shape index (κ3) is 3.50. The van der Waals surface area contributed by atoms with E-state index in [0.29, 0.717) is 6.42 Å². The first-order valence-corrected chi connectivity index (χ1v) is 7.90. The Kier molecular flexibility index (Phi) is 5.38. The van der Waals surface area contributed by atoms with E-state index >= 15 is 0 Å². The smallest absolute Gasteiger partial charge is 0.0553 e. The molecule has 2 nitrogen and oxygen atoms in total. The van der Waals surface area contributed by atoms with Crippen molar-refractivity contribution in [2.75, 3.05) is 13.2 Å². The van der Waals surface area contributed by atoms with Crippen LogP contribution in [-0.2, 0) is 11.8 Å². The van der Waals surface area contributed by atoms with Crippen molar-refractivity contribution in [1.82, 2.24) is 0 Å². The first-order chi connectivity index (χ1) is 9.59. The zero-order chi connectivity index (χ0) is 14.6. The van der Waals surface area contributed by atoms with Gasteiger partial charge in [0.2, 0.25) is 0 Å². The van der Waals surface area contributed by atoms with E-state index in [-0.39, 0.29) is 13.2 Å². The van der Waals surface area contributed by atoms with Gasteiger partial charge in [0.05, 0.1) is 13.2 Å². The van der Waals surface area contributed by atoms with E-state index < -0.39 is 5.41 Å². The minimum atomic E-state index is -0.658. The Balaban J connectivity index is 2.33. The van der Waals surface area contributed by atoms with Crippen LogP contribution in [0.5, 0.6) is 0 Å². The fourth-order valence-electron chi connectivity index (χ4n) is 2.24. The van der Waals surface area contributed by atoms with Crippen LogP contribution in [0.2, 0.25) is 0 Å². The largest absolute Gasteiger partial charge is 0.395 e. The molecule has 0 fully saturated rings. The SMILES string of the molecule is OCC(CO)(Cc1ccc(Br)cc1)c1ccc(Br)cc1. The highest BCUT2D eigenvalue weighted by Crippen LogP contribution is 2.29. The van der Waals surface area contributed by atoms with Crippen LogP contribution >= 0.6 is 31.9 Å². The Hall–Kier alpha value is -0.680. The first kappa shape index (κ1) is 15.7. The molecule has 2 aromatic rings. The Morgan fingerprint density at radius 2 is 1.20 bits per heavy atom. The molecule has 0 saturated carbocycles. The van der Waals surface area contributed by atoms with Gasteiger partial charge in [0.15, 0.2) is 0 Å². The Labute approximate surface area is 135 Å². The summed E-state index contributed by atoms with van der Waals surface area (Å²) in [5.74, 6) is 0. The number of hydrogen-bond donors (Lipinski definition) is 2. The molecule has 106 valence electrons. The molecule has 0 heterocycles. The maximum atomic E-state index is 9.83. The number of halogens is 2. The second-order valence-electron chi connectivity index (χ2n) is 4.91. The van der Waals surface area contributed by atoms with E-state index in [0.717, 1.165) is 20.1 Å². The maximum absolute atomic E-state index is 9.83. The van der Waals surface area contributed by atoms with Crippen LogP contribution in [0.15, 0.2) is 57.5 Å². The number of rotatable bonds is 5. The molecule has 0 aliphatic heterocycles. The Morgan fingerprint density at radius 3 is 1.65 bits per heavy atom. The summed E-state index contributed by atoms with van der Waals surface area (Å²) in [6.45, 7) is -0.192. The van der Waals surface area contributed by atoms with Crippen LogP contribution in [0.4, 0.5) is 0 Å². The van der Waals surface area contributed by atoms with Crippen molar-refractivity contribution in [3.63, 3.8) is 0 Å². The van der Waals surface area contributed by atoms with Crippen LogP contribution in [0.1, 0.15) is 11.1 Å². The molecule has 2 aromatic carbocycles. The van der Waals surface area contributed by atoms with Crippen molar-refractivity contribution in [3.8, 4) is 0 Å². The van der Waals surface area contributed by atoms with Crippen molar-refractivity contribution in [2.45, 2.75) is 11.8 Å². The average Bonchev–Trinajstić information content (AvgIpc) is 2.48. The lowest BCUT2D eigenvalue weighted by Crippen LogP contribution is -2.37. The minimum Gasteiger partial charge on any atom is -0.395 e. The molecule has 0 atom stereocenters. The van der Waals surface area contributed by atoms with E-state index in [2.05, 4.69) is 31.9 Å². The molecule has 0 aliphatic carbocycles. The lowest BCUT2D eigenvalue weighted by atomic mass is 9.77. The van der Waals surface area contributed by atoms with Crippen LogP contribution in [0.3, 0.4) is 0 Å². The Bertz CT molecular complexity index is 546. The van der Waals surface area contributed by atoms with Crippen LogP contribution in [-0.4, -0.2) is 23.4 Å². The zero-order valence-electron chi connectivity index (χ0n) is 10.9. The van der Waals surface area contributed by atoms with E-state index in [1.54, 1.807) is 0 Å². The highest BCUT2D eigenvalue weighted by Gasteiger charge is 2.31. The molecule has 0 spiro atoms. The second-order valence-corrected chi connectivity index (χ2v) is 6.74. The molecule has 0 unspecified atom stereocenters. The second kappa shape index (κ2) is 6.85. The molecule has 0 saturated heterocycles. The van der Waals surface area contributed by atoms with Crippen molar-refractivity contribution in [2.24, 2.45) is 0 Å². The summed E-state index contributed by atoms with van der Waals surface area (Å²) in [6.07, 6.45) is 0.592. The maximum Gasteiger partial charge on any atom is 0.0553 e. The fourth-order valence-corrected chi connectivity index (χ4v) is 2.77. The molecule has 20 heavy (non-hydrogen) atoms. The summed E-state index contributed by atoms with van der Waals surface area (Å²) < 4.78 is 2.00. The third-order valence-corrected chi connectivity index (χ3v) is 4.58. The monoisotopic (exact) mass is 398 g/mol. The highest BCUT2D eigenvalue weighted by molar-refractivity contribution is 9.10. The van der Waals surface area contributed by atoms with Crippen molar-refractivity contribution in [3.05, 3.63) is 68.6 Å². The van der Waals surface area contributed by atoms with Crippen LogP contribution in [0.25, 0.3) is 0 Å². The van der Waals surface area contributed by atoms with Gasteiger partial charge in [-0.25, -0.2) is 0 Å². The van der Waals surface area contributed by atoms with Gasteiger partial charge in [0.25, 0.3) is 0 Å². The van der Waals surface area contributed by atoms with E-state index in [4.69, 9.17) is 0 Å². The topological polar surface area (TPSA) is 40.5 Å². The van der Waals surface area contributed by atoms with Gasteiger partial charge in [-0.15, -0.1) is 0 Å². The van der Waals surface area contributed by atoms with Crippen molar-refractivity contribution >= 4 is 31.9 Å². The van der Waals surface area contributed by atoms with Gasteiger partial charge in [0.1, 0.15) is 0 Å². The molecule has 0 aromatic heterocycles. The summed E-state index contributed by atoms with van der Waals surface area (Å²) in [7, 11) is 0. The summed E-state index contributed by atoms with van der Waals surface area (Å²) in [5, 5.41) is 19.7. The number of benzene rings is 2. The lowest BCUT2D eigenvalue weighted by molar-refractivity contribution is 0.116. The normalized spacial score (nSPS) is 11.6. The molecular formula is C16H16Br2O2. The predicted octanol–water partition coefficient (Wildman–Crippen LogP) is 3.68. The molecule has 0 aliphatic rings. The van der Waals surface area contributed by atoms with Crippen molar-refractivity contribution < 1.29 is 10.2 Å². The molecule has 0 radical (unpaired) electrons. The van der Waals surface area contributed by atoms with Gasteiger partial charge in [-0.3, -0.25) is 0 Å². The third-order valence-electron chi connectivity index (χ3n) is 3.52. The summed E-state index contributed by atoms with van der Waals surface area (Å²) in [5.41, 5.74) is 1.36. The molecular weight excluding hydrogens is 384 g/mol. The van der Waals surface area contributed by atoms with Crippen LogP contribution in [0, 0.1) is 0 Å². The van der Waals surface area contributed by atoms with Crippen LogP contribution < -0.4 is 0 Å². The Morgan fingerprint density at radius 1 is 0.750 bits per heavy atom. The predicted molar refractivity (Wildman–Crippen MR) is 87.8 cm³/mol. The number of hydrogen-bond acceptors (Lipinski definition) is 2. The van der Waals surface area contributed by atoms with Gasteiger partial charge in [-0.2, -0.15) is 0 Å². The number of aliphatic hydroxyl groups excluding tert-OH is 2. The molecule has 2 N–H and O–H groups in total. The standard InChI is InChI=1S/C16H16Br2O2/c17-14-5-1-12(2-6-14)9-16(10-19,11-20)13-3-7-15(18)8-4-13/h1-8,19-20H,9-11H2. The van der Waals surface area contributed by atoms with Gasteiger partial charge < -0.3 is 10.2 Å². The summed E-state index contributed by atoms with van der Waals surface area (Å²) in [4.78, 5) is 0. The lowest BCUT2D eigenvalue weighted by Gasteiger charge is -2.30. The number of aliphatic hydroxyl groups is 2. The first-order valence-electron chi connectivity index (χ1n) is 6.32. The molecule has 2 rings (SSSR count).